The first-order chi connectivity index (χ1) is 14.5. The molecular formula is C22H22N2O6. The average molecular weight is 410 g/mol. The molecule has 1 atom stereocenters. The molecule has 2 N–H and O–H groups in total. The number of carbonyl (C=O) groups excluding carboxylic acids is 1. The number of aliphatic hydroxyl groups is 1. The molecule has 1 amide bonds. The summed E-state index contributed by atoms with van der Waals surface area (Å²) in [5.41, 5.74) is 0.233. The van der Waals surface area contributed by atoms with Gasteiger partial charge in [-0.1, -0.05) is 42.5 Å². The monoisotopic (exact) mass is 410 g/mol. The standard InChI is InChI=1S/C22H22N2O6/c1-29-20-12-17(18(24(27)28)13-21(20)30-2)22(26)23-11-10-19(25)16-9-5-7-14-6-3-4-8-15(14)16/h3-9,12-13,19,25H,10-11H2,1-2H3,(H,23,26). The highest BCUT2D eigenvalue weighted by Crippen LogP contribution is 2.34. The number of methoxy groups -OCH3 is 2. The van der Waals surface area contributed by atoms with Gasteiger partial charge in [0, 0.05) is 12.6 Å². The van der Waals surface area contributed by atoms with Crippen molar-refractivity contribution in [2.24, 2.45) is 0 Å². The largest absolute Gasteiger partial charge is 0.493 e. The van der Waals surface area contributed by atoms with Crippen LogP contribution in [-0.4, -0.2) is 36.7 Å². The third-order valence-corrected chi connectivity index (χ3v) is 4.83. The van der Waals surface area contributed by atoms with E-state index < -0.39 is 16.9 Å². The van der Waals surface area contributed by atoms with Crippen LogP contribution in [0.3, 0.4) is 0 Å². The summed E-state index contributed by atoms with van der Waals surface area (Å²) >= 11 is 0. The van der Waals surface area contributed by atoms with Crippen LogP contribution >= 0.6 is 0 Å². The van der Waals surface area contributed by atoms with E-state index in [2.05, 4.69) is 5.32 Å². The van der Waals surface area contributed by atoms with Crippen LogP contribution < -0.4 is 14.8 Å². The highest BCUT2D eigenvalue weighted by Gasteiger charge is 2.24. The van der Waals surface area contributed by atoms with Gasteiger partial charge in [0.15, 0.2) is 11.5 Å². The zero-order valence-electron chi connectivity index (χ0n) is 16.6. The second-order valence-electron chi connectivity index (χ2n) is 6.61. The number of aliphatic hydroxyl groups excluding tert-OH is 1. The van der Waals surface area contributed by atoms with Gasteiger partial charge in [0.1, 0.15) is 5.56 Å². The van der Waals surface area contributed by atoms with Crippen molar-refractivity contribution in [2.45, 2.75) is 12.5 Å². The summed E-state index contributed by atoms with van der Waals surface area (Å²) in [5.74, 6) is -0.260. The normalized spacial score (nSPS) is 11.7. The van der Waals surface area contributed by atoms with Crippen LogP contribution in [0.1, 0.15) is 28.4 Å². The topological polar surface area (TPSA) is 111 Å². The van der Waals surface area contributed by atoms with Gasteiger partial charge < -0.3 is 19.9 Å². The predicted molar refractivity (Wildman–Crippen MR) is 112 cm³/mol. The summed E-state index contributed by atoms with van der Waals surface area (Å²) in [7, 11) is 2.74. The Morgan fingerprint density at radius 1 is 1.10 bits per heavy atom. The maximum Gasteiger partial charge on any atom is 0.286 e. The lowest BCUT2D eigenvalue weighted by Crippen LogP contribution is -2.26. The molecule has 0 heterocycles. The second kappa shape index (κ2) is 9.23. The van der Waals surface area contributed by atoms with Gasteiger partial charge in [0.25, 0.3) is 11.6 Å². The number of nitrogens with zero attached hydrogens (tertiary/aromatic N) is 1. The molecule has 0 aliphatic rings. The number of amides is 1. The van der Waals surface area contributed by atoms with Gasteiger partial charge in [-0.3, -0.25) is 14.9 Å². The van der Waals surface area contributed by atoms with E-state index in [0.717, 1.165) is 22.4 Å². The lowest BCUT2D eigenvalue weighted by molar-refractivity contribution is -0.385. The van der Waals surface area contributed by atoms with Crippen LogP contribution in [0.2, 0.25) is 0 Å². The number of benzene rings is 3. The van der Waals surface area contributed by atoms with E-state index in [0.29, 0.717) is 0 Å². The predicted octanol–water partition coefficient (Wildman–Crippen LogP) is 3.62. The second-order valence-corrected chi connectivity index (χ2v) is 6.61. The Hall–Kier alpha value is -3.65. The fourth-order valence-electron chi connectivity index (χ4n) is 3.32. The number of nitro groups is 1. The van der Waals surface area contributed by atoms with Crippen molar-refractivity contribution in [2.75, 3.05) is 20.8 Å². The molecule has 0 aromatic heterocycles. The van der Waals surface area contributed by atoms with Gasteiger partial charge in [0.05, 0.1) is 31.3 Å². The minimum Gasteiger partial charge on any atom is -0.493 e. The number of nitrogens with one attached hydrogen (secondary N) is 1. The zero-order chi connectivity index (χ0) is 21.7. The van der Waals surface area contributed by atoms with Crippen molar-refractivity contribution in [3.05, 3.63) is 75.8 Å². The Balaban J connectivity index is 1.73. The van der Waals surface area contributed by atoms with E-state index in [1.807, 2.05) is 42.5 Å². The highest BCUT2D eigenvalue weighted by molar-refractivity contribution is 5.99. The van der Waals surface area contributed by atoms with Gasteiger partial charge in [-0.05, 0) is 22.8 Å². The van der Waals surface area contributed by atoms with Gasteiger partial charge in [0.2, 0.25) is 0 Å². The molecule has 3 aromatic rings. The van der Waals surface area contributed by atoms with Crippen molar-refractivity contribution in [1.29, 1.82) is 0 Å². The van der Waals surface area contributed by atoms with Crippen LogP contribution in [-0.2, 0) is 0 Å². The Kier molecular flexibility index (Phi) is 6.48. The molecule has 0 saturated carbocycles. The van der Waals surface area contributed by atoms with Crippen LogP contribution in [0, 0.1) is 10.1 Å². The molecule has 0 aliphatic carbocycles. The molecule has 8 nitrogen and oxygen atoms in total. The molecule has 3 aromatic carbocycles. The van der Waals surface area contributed by atoms with Gasteiger partial charge in [-0.15, -0.1) is 0 Å². The molecule has 0 fully saturated rings. The first-order valence-electron chi connectivity index (χ1n) is 9.30. The summed E-state index contributed by atoms with van der Waals surface area (Å²) < 4.78 is 10.2. The summed E-state index contributed by atoms with van der Waals surface area (Å²) in [4.78, 5) is 23.3. The summed E-state index contributed by atoms with van der Waals surface area (Å²) in [5, 5.41) is 26.6. The SMILES string of the molecule is COc1cc(C(=O)NCCC(O)c2cccc3ccccc23)c([N+](=O)[O-])cc1OC. The third kappa shape index (κ3) is 4.33. The number of nitro benzene ring substituents is 1. The van der Waals surface area contributed by atoms with Gasteiger partial charge in [-0.25, -0.2) is 0 Å². The number of hydrogen-bond acceptors (Lipinski definition) is 6. The Morgan fingerprint density at radius 3 is 2.47 bits per heavy atom. The zero-order valence-corrected chi connectivity index (χ0v) is 16.6. The summed E-state index contributed by atoms with van der Waals surface area (Å²) in [6, 6.07) is 15.8. The number of hydrogen-bond donors (Lipinski definition) is 2. The molecule has 0 bridgehead atoms. The molecule has 0 radical (unpaired) electrons. The maximum absolute atomic E-state index is 12.6. The Bertz CT molecular complexity index is 1080. The molecule has 30 heavy (non-hydrogen) atoms. The summed E-state index contributed by atoms with van der Waals surface area (Å²) in [6.07, 6.45) is -0.544. The first-order valence-corrected chi connectivity index (χ1v) is 9.30. The summed E-state index contributed by atoms with van der Waals surface area (Å²) in [6.45, 7) is 0.134. The van der Waals surface area contributed by atoms with Crippen LogP contribution in [0.15, 0.2) is 54.6 Å². The van der Waals surface area contributed by atoms with Crippen LogP contribution in [0.25, 0.3) is 10.8 Å². The molecule has 156 valence electrons. The smallest absolute Gasteiger partial charge is 0.286 e. The van der Waals surface area contributed by atoms with Crippen molar-refractivity contribution in [3.63, 3.8) is 0 Å². The van der Waals surface area contributed by atoms with Crippen molar-refractivity contribution < 1.29 is 24.3 Å². The van der Waals surface area contributed by atoms with Crippen LogP contribution in [0.5, 0.6) is 11.5 Å². The van der Waals surface area contributed by atoms with E-state index in [4.69, 9.17) is 9.47 Å². The molecular weight excluding hydrogens is 388 g/mol. The fraction of sp³-hybridized carbons (Fsp3) is 0.227. The molecule has 0 spiro atoms. The quantitative estimate of drug-likeness (QED) is 0.433. The maximum atomic E-state index is 12.6. The molecule has 8 heteroatoms. The third-order valence-electron chi connectivity index (χ3n) is 4.83. The number of fused-ring (bicyclic) bond motifs is 1. The van der Waals surface area contributed by atoms with Crippen molar-refractivity contribution in [1.82, 2.24) is 5.32 Å². The van der Waals surface area contributed by atoms with E-state index >= 15 is 0 Å². The van der Waals surface area contributed by atoms with Crippen molar-refractivity contribution in [3.8, 4) is 11.5 Å². The van der Waals surface area contributed by atoms with E-state index in [1.54, 1.807) is 0 Å². The minimum atomic E-state index is -0.795. The van der Waals surface area contributed by atoms with Gasteiger partial charge >= 0.3 is 0 Å². The lowest BCUT2D eigenvalue weighted by atomic mass is 9.99. The number of carbonyl (C=O) groups is 1. The van der Waals surface area contributed by atoms with Crippen LogP contribution in [0.4, 0.5) is 5.69 Å². The van der Waals surface area contributed by atoms with Gasteiger partial charge in [-0.2, -0.15) is 0 Å². The highest BCUT2D eigenvalue weighted by atomic mass is 16.6. The lowest BCUT2D eigenvalue weighted by Gasteiger charge is -2.15. The van der Waals surface area contributed by atoms with E-state index in [1.165, 1.54) is 20.3 Å². The van der Waals surface area contributed by atoms with Crippen molar-refractivity contribution >= 4 is 22.4 Å². The fourth-order valence-corrected chi connectivity index (χ4v) is 3.32. The molecule has 3 rings (SSSR count). The average Bonchev–Trinajstić information content (AvgIpc) is 2.77. The minimum absolute atomic E-state index is 0.134. The number of rotatable bonds is 8. The molecule has 1 unspecified atom stereocenters. The van der Waals surface area contributed by atoms with E-state index in [9.17, 15) is 20.0 Å². The first kappa shape index (κ1) is 21.1. The molecule has 0 aliphatic heterocycles. The Labute approximate surface area is 173 Å². The van der Waals surface area contributed by atoms with E-state index in [-0.39, 0.29) is 35.7 Å². The Morgan fingerprint density at radius 2 is 1.77 bits per heavy atom. The number of ether oxygens (including phenoxy) is 2. The molecule has 0 saturated heterocycles.